The van der Waals surface area contributed by atoms with Gasteiger partial charge in [-0.25, -0.2) is 9.98 Å². The van der Waals surface area contributed by atoms with Crippen LogP contribution in [0.25, 0.3) is 11.2 Å². The first-order valence-corrected chi connectivity index (χ1v) is 11.7. The zero-order chi connectivity index (χ0) is 28.5. The van der Waals surface area contributed by atoms with Gasteiger partial charge in [-0.2, -0.15) is 18.2 Å². The number of carbonyl (C=O) groups is 1. The molecule has 1 amide bonds. The number of hydrogen-bond donors (Lipinski definition) is 2. The monoisotopic (exact) mass is 545 g/mol. The first kappa shape index (κ1) is 27.4. The summed E-state index contributed by atoms with van der Waals surface area (Å²) < 4.78 is 53.8. The quantitative estimate of drug-likeness (QED) is 0.238. The van der Waals surface area contributed by atoms with Crippen molar-refractivity contribution in [1.82, 2.24) is 24.4 Å². The van der Waals surface area contributed by atoms with Gasteiger partial charge in [-0.05, 0) is 38.6 Å². The summed E-state index contributed by atoms with van der Waals surface area (Å²) in [5.41, 5.74) is -1.45. The Hall–Kier alpha value is -4.62. The Morgan fingerprint density at radius 2 is 2.03 bits per heavy atom. The van der Waals surface area contributed by atoms with Crippen LogP contribution in [-0.4, -0.2) is 38.8 Å². The maximum absolute atomic E-state index is 13.3. The van der Waals surface area contributed by atoms with Gasteiger partial charge in [-0.1, -0.05) is 0 Å². The second-order valence-corrected chi connectivity index (χ2v) is 8.75. The summed E-state index contributed by atoms with van der Waals surface area (Å²) >= 11 is 0. The van der Waals surface area contributed by atoms with Crippen molar-refractivity contribution in [3.05, 3.63) is 58.1 Å². The number of anilines is 2. The van der Waals surface area contributed by atoms with Gasteiger partial charge in [0.25, 0.3) is 5.56 Å². The number of aryl methyl sites for hydroxylation is 2. The van der Waals surface area contributed by atoms with Crippen LogP contribution in [0.1, 0.15) is 25.3 Å². The van der Waals surface area contributed by atoms with Gasteiger partial charge in [0, 0.05) is 32.3 Å². The highest BCUT2D eigenvalue weighted by Gasteiger charge is 2.32. The number of ether oxygens (including phenoxy) is 2. The molecule has 3 aromatic heterocycles. The Kier molecular flexibility index (Phi) is 7.47. The zero-order valence-electron chi connectivity index (χ0n) is 21.6. The predicted molar refractivity (Wildman–Crippen MR) is 138 cm³/mol. The van der Waals surface area contributed by atoms with Crippen molar-refractivity contribution in [2.45, 2.75) is 25.9 Å². The van der Waals surface area contributed by atoms with Crippen molar-refractivity contribution >= 4 is 35.4 Å². The van der Waals surface area contributed by atoms with Gasteiger partial charge in [-0.15, -0.1) is 0 Å². The summed E-state index contributed by atoms with van der Waals surface area (Å²) in [6.45, 7) is 5.20. The number of aliphatic imine (C=N–C) groups is 1. The number of alkyl halides is 3. The molecule has 0 aliphatic heterocycles. The number of nitrogens with one attached hydrogen (secondary N) is 2. The minimum atomic E-state index is -4.65. The Morgan fingerprint density at radius 3 is 2.62 bits per heavy atom. The zero-order valence-corrected chi connectivity index (χ0v) is 21.6. The molecule has 0 unspecified atom stereocenters. The molecule has 14 heteroatoms. The van der Waals surface area contributed by atoms with Crippen LogP contribution in [0, 0.1) is 5.92 Å². The van der Waals surface area contributed by atoms with Crippen LogP contribution in [-0.2, 0) is 25.1 Å². The molecule has 4 rings (SSSR count). The number of allylic oxidation sites excluding steroid dienone is 2. The molecule has 0 atom stereocenters. The smallest absolute Gasteiger partial charge is 0.417 e. The van der Waals surface area contributed by atoms with Crippen molar-refractivity contribution in [2.24, 2.45) is 25.0 Å². The lowest BCUT2D eigenvalue weighted by molar-refractivity contribution is -0.138. The number of nitrogens with zero attached hydrogens (tertiary/aromatic N) is 5. The summed E-state index contributed by atoms with van der Waals surface area (Å²) in [6.07, 6.45) is 2.23. The molecule has 0 saturated heterocycles. The van der Waals surface area contributed by atoms with E-state index in [0.29, 0.717) is 17.5 Å². The second kappa shape index (κ2) is 10.6. The summed E-state index contributed by atoms with van der Waals surface area (Å²) in [5, 5.41) is 5.37. The van der Waals surface area contributed by atoms with E-state index in [2.05, 4.69) is 32.3 Å². The maximum atomic E-state index is 13.3. The lowest BCUT2D eigenvalue weighted by Gasteiger charge is -2.14. The molecule has 3 aromatic rings. The first-order valence-electron chi connectivity index (χ1n) is 11.7. The van der Waals surface area contributed by atoms with Gasteiger partial charge in [-0.3, -0.25) is 9.59 Å². The molecule has 3 heterocycles. The molecule has 2 N–H and O–H groups in total. The lowest BCUT2D eigenvalue weighted by atomic mass is 10.2. The Bertz CT molecular complexity index is 1570. The molecular formula is C25H26F3N7O4. The minimum absolute atomic E-state index is 0.0272. The van der Waals surface area contributed by atoms with Crippen molar-refractivity contribution in [1.29, 1.82) is 0 Å². The Morgan fingerprint density at radius 1 is 1.31 bits per heavy atom. The van der Waals surface area contributed by atoms with Gasteiger partial charge in [0.1, 0.15) is 22.8 Å². The molecule has 0 radical (unpaired) electrons. The number of methoxy groups -OCH3 is 1. The highest BCUT2D eigenvalue weighted by atomic mass is 19.4. The number of halogens is 3. The summed E-state index contributed by atoms with van der Waals surface area (Å²) in [5.74, 6) is 0.815. The summed E-state index contributed by atoms with van der Waals surface area (Å²) in [6, 6.07) is 0.721. The van der Waals surface area contributed by atoms with Crippen molar-refractivity contribution in [3.8, 4) is 11.5 Å². The molecule has 1 saturated carbocycles. The van der Waals surface area contributed by atoms with E-state index >= 15 is 0 Å². The van der Waals surface area contributed by atoms with Crippen LogP contribution in [0.2, 0.25) is 0 Å². The molecule has 1 fully saturated rings. The molecule has 1 aliphatic carbocycles. The van der Waals surface area contributed by atoms with Gasteiger partial charge in [0.15, 0.2) is 17.1 Å². The molecule has 0 spiro atoms. The van der Waals surface area contributed by atoms with Crippen molar-refractivity contribution in [3.63, 3.8) is 0 Å². The van der Waals surface area contributed by atoms with E-state index in [1.54, 1.807) is 20.0 Å². The van der Waals surface area contributed by atoms with Crippen LogP contribution < -0.4 is 25.7 Å². The van der Waals surface area contributed by atoms with Gasteiger partial charge < -0.3 is 29.2 Å². The topological polar surface area (TPSA) is 125 Å². The van der Waals surface area contributed by atoms with E-state index in [0.717, 1.165) is 23.5 Å². The lowest BCUT2D eigenvalue weighted by Crippen LogP contribution is -2.23. The fourth-order valence-corrected chi connectivity index (χ4v) is 3.71. The minimum Gasteiger partial charge on any atom is -0.491 e. The van der Waals surface area contributed by atoms with Crippen LogP contribution in [0.4, 0.5) is 24.8 Å². The van der Waals surface area contributed by atoms with Crippen molar-refractivity contribution in [2.75, 3.05) is 12.4 Å². The van der Waals surface area contributed by atoms with Gasteiger partial charge >= 0.3 is 6.18 Å². The summed E-state index contributed by atoms with van der Waals surface area (Å²) in [4.78, 5) is 37.1. The fraction of sp³-hybridized carbons (Fsp3) is 0.320. The molecule has 11 nitrogen and oxygen atoms in total. The van der Waals surface area contributed by atoms with E-state index in [-0.39, 0.29) is 46.4 Å². The van der Waals surface area contributed by atoms with E-state index in [1.165, 1.54) is 31.0 Å². The SMILES string of the molecule is C=N/C(=C\C(=C/C)Oc1cnc2nc(Nc3cc(C(F)(F)F)cn(C)c3=O)n(C)c2c1OC)NC(=O)C1CC1. The third-order valence-electron chi connectivity index (χ3n) is 5.94. The molecule has 39 heavy (non-hydrogen) atoms. The van der Waals surface area contributed by atoms with Crippen LogP contribution >= 0.6 is 0 Å². The highest BCUT2D eigenvalue weighted by Crippen LogP contribution is 2.37. The molecular weight excluding hydrogens is 519 g/mol. The fourth-order valence-electron chi connectivity index (χ4n) is 3.71. The number of imidazole rings is 1. The average Bonchev–Trinajstić information content (AvgIpc) is 3.70. The van der Waals surface area contributed by atoms with E-state index in [4.69, 9.17) is 9.47 Å². The van der Waals surface area contributed by atoms with Gasteiger partial charge in [0.05, 0.1) is 18.9 Å². The van der Waals surface area contributed by atoms with E-state index < -0.39 is 17.3 Å². The highest BCUT2D eigenvalue weighted by molar-refractivity contribution is 5.85. The summed E-state index contributed by atoms with van der Waals surface area (Å²) in [7, 11) is 4.21. The average molecular weight is 546 g/mol. The Labute approximate surface area is 220 Å². The third kappa shape index (κ3) is 5.78. The molecule has 206 valence electrons. The van der Waals surface area contributed by atoms with Crippen LogP contribution in [0.5, 0.6) is 11.5 Å². The largest absolute Gasteiger partial charge is 0.491 e. The van der Waals surface area contributed by atoms with Crippen LogP contribution in [0.3, 0.4) is 0 Å². The normalized spacial score (nSPS) is 14.3. The van der Waals surface area contributed by atoms with E-state index in [1.807, 2.05) is 0 Å². The first-order chi connectivity index (χ1) is 18.5. The predicted octanol–water partition coefficient (Wildman–Crippen LogP) is 3.79. The number of pyridine rings is 2. The second-order valence-electron chi connectivity index (χ2n) is 8.75. The van der Waals surface area contributed by atoms with E-state index in [9.17, 15) is 22.8 Å². The number of aromatic nitrogens is 4. The number of rotatable bonds is 9. The maximum Gasteiger partial charge on any atom is 0.417 e. The molecule has 0 bridgehead atoms. The van der Waals surface area contributed by atoms with Crippen molar-refractivity contribution < 1.29 is 27.4 Å². The molecule has 0 aromatic carbocycles. The standard InChI is InChI=1S/C25H26F3N7O4/c1-6-15(10-18(29-2)32-22(36)13-7-8-13)39-17-11-30-21-19(20(17)38-5)35(4)24(33-21)31-16-9-14(25(26,27)28)12-34(3)23(16)37/h6,9-13H,2,7-8H2,1,3-5H3,(H,32,36)(H,30,31,33)/b15-6+,18-10+. The number of carbonyl (C=O) groups excluding carboxylic acids is 1. The van der Waals surface area contributed by atoms with Crippen LogP contribution in [0.15, 0.2) is 52.0 Å². The van der Waals surface area contributed by atoms with Gasteiger partial charge in [0.2, 0.25) is 11.9 Å². The number of hydrogen-bond acceptors (Lipinski definition) is 8. The third-order valence-corrected chi connectivity index (χ3v) is 5.94. The Balaban J connectivity index is 1.68. The molecule has 1 aliphatic rings. The number of fused-ring (bicyclic) bond motifs is 1. The number of amides is 1.